The van der Waals surface area contributed by atoms with Crippen LogP contribution in [-0.2, 0) is 0 Å². The second kappa shape index (κ2) is 3.08. The minimum absolute atomic E-state index is 0.566. The number of rotatable bonds is 1. The minimum atomic E-state index is 0.566. The predicted molar refractivity (Wildman–Crippen MR) is 47.3 cm³/mol. The van der Waals surface area contributed by atoms with Crippen molar-refractivity contribution in [2.75, 3.05) is 19.6 Å². The Bertz CT molecular complexity index is 206. The maximum atomic E-state index is 5.50. The summed E-state index contributed by atoms with van der Waals surface area (Å²) in [6.07, 6.45) is 8.17. The predicted octanol–water partition coefficient (Wildman–Crippen LogP) is -1.85. The maximum absolute atomic E-state index is 5.50. The normalized spacial score (nSPS) is 45.7. The summed E-state index contributed by atoms with van der Waals surface area (Å²) >= 11 is 0. The van der Waals surface area contributed by atoms with Gasteiger partial charge in [-0.3, -0.25) is 0 Å². The summed E-state index contributed by atoms with van der Waals surface area (Å²) in [5.74, 6) is 4.32. The highest BCUT2D eigenvalue weighted by molar-refractivity contribution is 4.99. The van der Waals surface area contributed by atoms with E-state index in [1.165, 1.54) is 25.9 Å². The summed E-state index contributed by atoms with van der Waals surface area (Å²) in [5, 5.41) is 0. The summed E-state index contributed by atoms with van der Waals surface area (Å²) in [6, 6.07) is 0.813. The highest BCUT2D eigenvalue weighted by atomic mass is 15.2. The fourth-order valence-electron chi connectivity index (χ4n) is 2.83. The molecular formula is C10H18N2+2. The summed E-state index contributed by atoms with van der Waals surface area (Å²) < 4.78 is 0. The monoisotopic (exact) mass is 166 g/mol. The first-order valence-corrected chi connectivity index (χ1v) is 4.95. The number of fused-ring (bicyclic) bond motifs is 3. The van der Waals surface area contributed by atoms with Gasteiger partial charge in [0.2, 0.25) is 0 Å². The number of nitrogens with one attached hydrogen (secondary N) is 1. The molecule has 3 aliphatic heterocycles. The smallest absolute Gasteiger partial charge is 0.137 e. The number of piperidine rings is 3. The molecule has 2 nitrogen and oxygen atoms in total. The molecule has 2 heteroatoms. The molecule has 66 valence electrons. The van der Waals surface area contributed by atoms with Crippen LogP contribution in [0, 0.1) is 24.2 Å². The van der Waals surface area contributed by atoms with E-state index in [9.17, 15) is 0 Å². The molecule has 3 fully saturated rings. The van der Waals surface area contributed by atoms with Crippen molar-refractivity contribution < 1.29 is 10.6 Å². The van der Waals surface area contributed by atoms with Gasteiger partial charge in [-0.05, 0) is 5.92 Å². The third-order valence-corrected chi connectivity index (χ3v) is 3.61. The molecule has 0 radical (unpaired) electrons. The Morgan fingerprint density at radius 1 is 1.58 bits per heavy atom. The molecular weight excluding hydrogens is 148 g/mol. The Balaban J connectivity index is 2.07. The van der Waals surface area contributed by atoms with Crippen LogP contribution in [0.1, 0.15) is 12.8 Å². The summed E-state index contributed by atoms with van der Waals surface area (Å²) in [7, 11) is 0. The van der Waals surface area contributed by atoms with Crippen molar-refractivity contribution in [1.29, 1.82) is 0 Å². The van der Waals surface area contributed by atoms with Crippen molar-refractivity contribution in [3.63, 3.8) is 0 Å². The van der Waals surface area contributed by atoms with Crippen LogP contribution >= 0.6 is 0 Å². The van der Waals surface area contributed by atoms with Gasteiger partial charge in [-0.1, -0.05) is 5.92 Å². The van der Waals surface area contributed by atoms with E-state index < -0.39 is 0 Å². The van der Waals surface area contributed by atoms with Gasteiger partial charge in [0, 0.05) is 12.8 Å². The highest BCUT2D eigenvalue weighted by Gasteiger charge is 2.42. The summed E-state index contributed by atoms with van der Waals surface area (Å²) in [6.45, 7) is 3.63. The van der Waals surface area contributed by atoms with Gasteiger partial charge in [-0.25, -0.2) is 0 Å². The van der Waals surface area contributed by atoms with Crippen molar-refractivity contribution in [1.82, 2.24) is 0 Å². The average molecular weight is 166 g/mol. The van der Waals surface area contributed by atoms with Gasteiger partial charge in [0.25, 0.3) is 0 Å². The van der Waals surface area contributed by atoms with Crippen LogP contribution < -0.4 is 10.6 Å². The Morgan fingerprint density at radius 3 is 2.92 bits per heavy atom. The van der Waals surface area contributed by atoms with Gasteiger partial charge >= 0.3 is 0 Å². The first-order valence-electron chi connectivity index (χ1n) is 4.95. The minimum Gasteiger partial charge on any atom is -0.353 e. The molecule has 2 bridgehead atoms. The van der Waals surface area contributed by atoms with Crippen LogP contribution in [-0.4, -0.2) is 25.7 Å². The SMILES string of the molecule is C#C[C@H]1C[NH+]2CC[C@@H]1C[C@@H]2C[NH3+]. The van der Waals surface area contributed by atoms with Crippen LogP contribution in [0.3, 0.4) is 0 Å². The van der Waals surface area contributed by atoms with E-state index in [1.54, 1.807) is 4.90 Å². The molecule has 1 unspecified atom stereocenters. The second-order valence-electron chi connectivity index (χ2n) is 4.16. The second-order valence-corrected chi connectivity index (χ2v) is 4.16. The van der Waals surface area contributed by atoms with Crippen LogP contribution in [0.4, 0.5) is 0 Å². The Morgan fingerprint density at radius 2 is 2.42 bits per heavy atom. The number of terminal acetylenes is 1. The molecule has 0 amide bonds. The van der Waals surface area contributed by atoms with Gasteiger partial charge < -0.3 is 10.6 Å². The van der Waals surface area contributed by atoms with E-state index in [4.69, 9.17) is 6.42 Å². The molecule has 0 aromatic rings. The Labute approximate surface area is 74.1 Å². The van der Waals surface area contributed by atoms with Gasteiger partial charge in [-0.15, -0.1) is 6.42 Å². The van der Waals surface area contributed by atoms with Crippen molar-refractivity contribution in [3.8, 4) is 12.3 Å². The maximum Gasteiger partial charge on any atom is 0.137 e. The lowest BCUT2D eigenvalue weighted by molar-refractivity contribution is -0.950. The van der Waals surface area contributed by atoms with Crippen molar-refractivity contribution in [2.45, 2.75) is 18.9 Å². The molecule has 4 N–H and O–H groups in total. The fraction of sp³-hybridized carbons (Fsp3) is 0.800. The van der Waals surface area contributed by atoms with Gasteiger partial charge in [0.05, 0.1) is 19.0 Å². The first-order chi connectivity index (χ1) is 5.85. The fourth-order valence-corrected chi connectivity index (χ4v) is 2.83. The van der Waals surface area contributed by atoms with Crippen LogP contribution in [0.15, 0.2) is 0 Å². The Hall–Kier alpha value is -0.520. The highest BCUT2D eigenvalue weighted by Crippen LogP contribution is 2.25. The third kappa shape index (κ3) is 1.14. The first kappa shape index (κ1) is 8.10. The molecule has 3 rings (SSSR count). The molecule has 12 heavy (non-hydrogen) atoms. The van der Waals surface area contributed by atoms with Crippen molar-refractivity contribution in [3.05, 3.63) is 0 Å². The number of hydrogen-bond donors (Lipinski definition) is 2. The molecule has 0 aromatic heterocycles. The van der Waals surface area contributed by atoms with Gasteiger partial charge in [0.1, 0.15) is 12.6 Å². The van der Waals surface area contributed by atoms with E-state index >= 15 is 0 Å². The third-order valence-electron chi connectivity index (χ3n) is 3.61. The molecule has 3 saturated heterocycles. The standard InChI is InChI=1S/C10H16N2/c1-2-8-7-12-4-3-9(8)5-10(12)6-11/h1,8-10H,3-7,11H2/p+2/t8-,9+,10+/m0/s1. The van der Waals surface area contributed by atoms with Crippen LogP contribution in [0.2, 0.25) is 0 Å². The molecule has 3 heterocycles. The van der Waals surface area contributed by atoms with Gasteiger partial charge in [-0.2, -0.15) is 0 Å². The average Bonchev–Trinajstić information content (AvgIpc) is 2.18. The zero-order valence-electron chi connectivity index (χ0n) is 7.55. The summed E-state index contributed by atoms with van der Waals surface area (Å²) in [5.41, 5.74) is 4.01. The summed E-state index contributed by atoms with van der Waals surface area (Å²) in [4.78, 5) is 1.72. The Kier molecular flexibility index (Phi) is 2.08. The van der Waals surface area contributed by atoms with Crippen molar-refractivity contribution >= 4 is 0 Å². The van der Waals surface area contributed by atoms with E-state index in [0.717, 1.165) is 18.5 Å². The molecule has 3 aliphatic rings. The molecule has 4 atom stereocenters. The van der Waals surface area contributed by atoms with Crippen LogP contribution in [0.25, 0.3) is 0 Å². The molecule has 0 aliphatic carbocycles. The lowest BCUT2D eigenvalue weighted by Gasteiger charge is -2.44. The lowest BCUT2D eigenvalue weighted by atomic mass is 9.76. The number of hydrogen-bond acceptors (Lipinski definition) is 0. The molecule has 0 spiro atoms. The van der Waals surface area contributed by atoms with E-state index in [-0.39, 0.29) is 0 Å². The zero-order valence-corrected chi connectivity index (χ0v) is 7.55. The molecule has 0 aromatic carbocycles. The lowest BCUT2D eigenvalue weighted by Crippen LogP contribution is -3.21. The van der Waals surface area contributed by atoms with Crippen molar-refractivity contribution in [2.24, 2.45) is 11.8 Å². The zero-order chi connectivity index (χ0) is 8.55. The largest absolute Gasteiger partial charge is 0.353 e. The van der Waals surface area contributed by atoms with E-state index in [0.29, 0.717) is 5.92 Å². The topological polar surface area (TPSA) is 32.1 Å². The van der Waals surface area contributed by atoms with E-state index in [2.05, 4.69) is 11.7 Å². The molecule has 0 saturated carbocycles. The quantitative estimate of drug-likeness (QED) is 0.429. The number of quaternary nitrogens is 2. The van der Waals surface area contributed by atoms with Crippen LogP contribution in [0.5, 0.6) is 0 Å². The van der Waals surface area contributed by atoms with E-state index in [1.807, 2.05) is 0 Å². The van der Waals surface area contributed by atoms with Gasteiger partial charge in [0.15, 0.2) is 0 Å².